The number of piperidine rings is 1. The first-order chi connectivity index (χ1) is 11.2. The van der Waals surface area contributed by atoms with Crippen LogP contribution in [0.15, 0.2) is 0 Å². The van der Waals surface area contributed by atoms with Gasteiger partial charge in [-0.05, 0) is 51.5 Å². The van der Waals surface area contributed by atoms with Gasteiger partial charge in [0.15, 0.2) is 0 Å². The minimum atomic E-state index is 0.114. The molecular formula is C17H33N5O. The molecule has 5 atom stereocenters. The van der Waals surface area contributed by atoms with Crippen molar-refractivity contribution in [2.45, 2.75) is 77.4 Å². The molecule has 0 aromatic carbocycles. The molecule has 0 amide bonds. The number of nitriles is 1. The standard InChI is InChI=1S/C17H33N5O/c1-3-5-14(6-4-7-17-21-13(2)23-22-17)11-19-16-9-8-15(10-18)12-20-16/h13-17,19-22H,3-9,11-12H2,1-2H3. The molecule has 0 aromatic rings. The van der Waals surface area contributed by atoms with Crippen LogP contribution in [0.2, 0.25) is 0 Å². The van der Waals surface area contributed by atoms with Gasteiger partial charge in [-0.2, -0.15) is 10.7 Å². The summed E-state index contributed by atoms with van der Waals surface area (Å²) >= 11 is 0. The van der Waals surface area contributed by atoms with Crippen LogP contribution >= 0.6 is 0 Å². The predicted octanol–water partition coefficient (Wildman–Crippen LogP) is 1.81. The monoisotopic (exact) mass is 323 g/mol. The second-order valence-electron chi connectivity index (χ2n) is 6.96. The highest BCUT2D eigenvalue weighted by molar-refractivity contribution is 4.89. The summed E-state index contributed by atoms with van der Waals surface area (Å²) in [5.74, 6) is 0.922. The molecule has 6 nitrogen and oxygen atoms in total. The van der Waals surface area contributed by atoms with Crippen LogP contribution in [0.4, 0.5) is 0 Å². The molecule has 2 heterocycles. The number of rotatable bonds is 9. The lowest BCUT2D eigenvalue weighted by molar-refractivity contribution is 0.0322. The first kappa shape index (κ1) is 18.6. The van der Waals surface area contributed by atoms with Gasteiger partial charge >= 0.3 is 0 Å². The van der Waals surface area contributed by atoms with E-state index in [0.717, 1.165) is 38.3 Å². The Kier molecular flexibility index (Phi) is 8.27. The quantitative estimate of drug-likeness (QED) is 0.518. The Hall–Kier alpha value is -0.710. The molecule has 0 bridgehead atoms. The number of hydroxylamine groups is 1. The molecule has 0 spiro atoms. The van der Waals surface area contributed by atoms with Crippen LogP contribution in [-0.2, 0) is 4.84 Å². The molecule has 5 unspecified atom stereocenters. The number of hydrogen-bond donors (Lipinski definition) is 4. The number of hydrogen-bond acceptors (Lipinski definition) is 6. The van der Waals surface area contributed by atoms with E-state index in [0.29, 0.717) is 12.3 Å². The molecule has 0 aliphatic carbocycles. The van der Waals surface area contributed by atoms with Crippen molar-refractivity contribution >= 4 is 0 Å². The van der Waals surface area contributed by atoms with Crippen LogP contribution < -0.4 is 21.4 Å². The van der Waals surface area contributed by atoms with Gasteiger partial charge in [0, 0.05) is 6.54 Å². The van der Waals surface area contributed by atoms with E-state index in [1.54, 1.807) is 0 Å². The maximum atomic E-state index is 8.94. The maximum Gasteiger partial charge on any atom is 0.128 e. The lowest BCUT2D eigenvalue weighted by atomic mass is 9.95. The van der Waals surface area contributed by atoms with Crippen LogP contribution in [0.1, 0.15) is 58.8 Å². The maximum absolute atomic E-state index is 8.94. The van der Waals surface area contributed by atoms with Gasteiger partial charge in [0.05, 0.1) is 24.3 Å². The van der Waals surface area contributed by atoms with E-state index in [-0.39, 0.29) is 12.1 Å². The summed E-state index contributed by atoms with van der Waals surface area (Å²) in [6, 6.07) is 2.35. The summed E-state index contributed by atoms with van der Waals surface area (Å²) in [5.41, 5.74) is 3.04. The Morgan fingerprint density at radius 3 is 2.83 bits per heavy atom. The molecule has 132 valence electrons. The van der Waals surface area contributed by atoms with Crippen LogP contribution in [0.5, 0.6) is 0 Å². The lowest BCUT2D eigenvalue weighted by Crippen LogP contribution is -2.49. The van der Waals surface area contributed by atoms with Crippen LogP contribution in [0.25, 0.3) is 0 Å². The molecule has 0 aromatic heterocycles. The molecule has 6 heteroatoms. The largest absolute Gasteiger partial charge is 0.302 e. The minimum Gasteiger partial charge on any atom is -0.302 e. The Morgan fingerprint density at radius 2 is 2.22 bits per heavy atom. The average molecular weight is 323 g/mol. The summed E-state index contributed by atoms with van der Waals surface area (Å²) in [6.45, 7) is 6.18. The van der Waals surface area contributed by atoms with E-state index in [1.165, 1.54) is 25.7 Å². The van der Waals surface area contributed by atoms with E-state index in [2.05, 4.69) is 34.4 Å². The smallest absolute Gasteiger partial charge is 0.128 e. The van der Waals surface area contributed by atoms with Crippen molar-refractivity contribution in [2.75, 3.05) is 13.1 Å². The summed E-state index contributed by atoms with van der Waals surface area (Å²) in [6.07, 6.45) is 8.94. The van der Waals surface area contributed by atoms with Crippen LogP contribution in [0, 0.1) is 23.2 Å². The van der Waals surface area contributed by atoms with Crippen molar-refractivity contribution in [2.24, 2.45) is 11.8 Å². The predicted molar refractivity (Wildman–Crippen MR) is 91.0 cm³/mol. The Morgan fingerprint density at radius 1 is 1.35 bits per heavy atom. The molecule has 2 fully saturated rings. The number of nitrogens with zero attached hydrogens (tertiary/aromatic N) is 1. The van der Waals surface area contributed by atoms with Gasteiger partial charge in [-0.3, -0.25) is 10.2 Å². The van der Waals surface area contributed by atoms with Crippen molar-refractivity contribution in [1.82, 2.24) is 21.4 Å². The van der Waals surface area contributed by atoms with Crippen LogP contribution in [0.3, 0.4) is 0 Å². The molecular weight excluding hydrogens is 290 g/mol. The van der Waals surface area contributed by atoms with Gasteiger partial charge in [-0.1, -0.05) is 19.8 Å². The molecule has 4 N–H and O–H groups in total. The van der Waals surface area contributed by atoms with E-state index >= 15 is 0 Å². The summed E-state index contributed by atoms with van der Waals surface area (Å²) in [5, 5.41) is 19.4. The molecule has 2 aliphatic heterocycles. The molecule has 2 rings (SSSR count). The van der Waals surface area contributed by atoms with Gasteiger partial charge in [0.2, 0.25) is 0 Å². The Balaban J connectivity index is 1.60. The zero-order chi connectivity index (χ0) is 16.5. The summed E-state index contributed by atoms with van der Waals surface area (Å²) in [4.78, 5) is 5.31. The highest BCUT2D eigenvalue weighted by atomic mass is 16.7. The zero-order valence-electron chi connectivity index (χ0n) is 14.6. The molecule has 2 aliphatic rings. The van der Waals surface area contributed by atoms with Gasteiger partial charge in [-0.25, -0.2) is 0 Å². The van der Waals surface area contributed by atoms with Crippen molar-refractivity contribution in [3.05, 3.63) is 0 Å². The third-order valence-electron chi connectivity index (χ3n) is 4.88. The van der Waals surface area contributed by atoms with Gasteiger partial charge in [0.1, 0.15) is 6.23 Å². The topological polar surface area (TPSA) is 81.1 Å². The first-order valence-corrected chi connectivity index (χ1v) is 9.24. The molecule has 23 heavy (non-hydrogen) atoms. The van der Waals surface area contributed by atoms with E-state index < -0.39 is 0 Å². The van der Waals surface area contributed by atoms with Crippen molar-refractivity contribution in [1.29, 1.82) is 5.26 Å². The highest BCUT2D eigenvalue weighted by Gasteiger charge is 2.22. The normalized spacial score (nSPS) is 32.6. The fourth-order valence-corrected chi connectivity index (χ4v) is 3.50. The Labute approximate surface area is 140 Å². The first-order valence-electron chi connectivity index (χ1n) is 9.24. The van der Waals surface area contributed by atoms with Crippen LogP contribution in [-0.4, -0.2) is 31.6 Å². The second-order valence-corrected chi connectivity index (χ2v) is 6.96. The summed E-state index contributed by atoms with van der Waals surface area (Å²) in [7, 11) is 0. The Bertz CT molecular complexity index is 364. The fourth-order valence-electron chi connectivity index (χ4n) is 3.50. The van der Waals surface area contributed by atoms with Gasteiger partial charge in [0.25, 0.3) is 0 Å². The summed E-state index contributed by atoms with van der Waals surface area (Å²) < 4.78 is 0. The second kappa shape index (κ2) is 10.2. The number of nitrogens with one attached hydrogen (secondary N) is 4. The van der Waals surface area contributed by atoms with Crippen molar-refractivity contribution in [3.8, 4) is 6.07 Å². The fraction of sp³-hybridized carbons (Fsp3) is 0.941. The third-order valence-corrected chi connectivity index (χ3v) is 4.88. The minimum absolute atomic E-state index is 0.114. The highest BCUT2D eigenvalue weighted by Crippen LogP contribution is 2.17. The van der Waals surface area contributed by atoms with Crippen molar-refractivity contribution in [3.63, 3.8) is 0 Å². The van der Waals surface area contributed by atoms with Gasteiger partial charge < -0.3 is 10.6 Å². The lowest BCUT2D eigenvalue weighted by Gasteiger charge is -2.29. The average Bonchev–Trinajstić information content (AvgIpc) is 2.98. The zero-order valence-corrected chi connectivity index (χ0v) is 14.6. The van der Waals surface area contributed by atoms with Gasteiger partial charge in [-0.15, -0.1) is 0 Å². The molecule has 0 saturated carbocycles. The van der Waals surface area contributed by atoms with E-state index in [4.69, 9.17) is 10.1 Å². The SMILES string of the molecule is CCCC(CCCC1NOC(C)N1)CNC1CCC(C#N)CN1. The van der Waals surface area contributed by atoms with E-state index in [1.807, 2.05) is 6.92 Å². The molecule has 2 saturated heterocycles. The third kappa shape index (κ3) is 6.74. The van der Waals surface area contributed by atoms with Crippen molar-refractivity contribution < 1.29 is 4.84 Å². The molecule has 0 radical (unpaired) electrons. The van der Waals surface area contributed by atoms with E-state index in [9.17, 15) is 0 Å².